The summed E-state index contributed by atoms with van der Waals surface area (Å²) in [7, 11) is 0. The lowest BCUT2D eigenvalue weighted by molar-refractivity contribution is -0.141. The Labute approximate surface area is 109 Å². The van der Waals surface area contributed by atoms with Crippen molar-refractivity contribution in [3.8, 4) is 0 Å². The minimum atomic E-state index is -0.515. The van der Waals surface area contributed by atoms with Crippen LogP contribution in [0.1, 0.15) is 6.42 Å². The highest BCUT2D eigenvalue weighted by atomic mass is 35.5. The maximum atomic E-state index is 11.6. The summed E-state index contributed by atoms with van der Waals surface area (Å²) in [5.41, 5.74) is 0.756. The van der Waals surface area contributed by atoms with Gasteiger partial charge in [-0.25, -0.2) is 4.79 Å². The van der Waals surface area contributed by atoms with Gasteiger partial charge in [-0.1, -0.05) is 17.7 Å². The predicted octanol–water partition coefficient (Wildman–Crippen LogP) is 1.18. The zero-order valence-electron chi connectivity index (χ0n) is 9.61. The first-order chi connectivity index (χ1) is 8.65. The summed E-state index contributed by atoms with van der Waals surface area (Å²) in [5, 5.41) is 6.13. The Morgan fingerprint density at radius 1 is 1.50 bits per heavy atom. The van der Waals surface area contributed by atoms with Gasteiger partial charge in [0.15, 0.2) is 0 Å². The van der Waals surface area contributed by atoms with E-state index in [-0.39, 0.29) is 18.4 Å². The average Bonchev–Trinajstić information content (AvgIpc) is 2.73. The average molecular weight is 269 g/mol. The molecule has 0 radical (unpaired) electrons. The fourth-order valence-electron chi connectivity index (χ4n) is 1.65. The molecule has 1 aliphatic rings. The number of nitrogens with one attached hydrogen (secondary N) is 2. The van der Waals surface area contributed by atoms with Crippen LogP contribution < -0.4 is 10.6 Å². The van der Waals surface area contributed by atoms with Crippen molar-refractivity contribution in [2.75, 3.05) is 18.5 Å². The van der Waals surface area contributed by atoms with Crippen molar-refractivity contribution in [1.82, 2.24) is 5.32 Å². The number of benzene rings is 1. The third-order valence-electron chi connectivity index (χ3n) is 2.55. The molecule has 1 amide bonds. The SMILES string of the molecule is O=C(CNc1cccc(Cl)c1)N[C@H]1CCOC1=O. The van der Waals surface area contributed by atoms with Gasteiger partial charge in [0, 0.05) is 17.1 Å². The van der Waals surface area contributed by atoms with Gasteiger partial charge in [0.1, 0.15) is 6.04 Å². The summed E-state index contributed by atoms with van der Waals surface area (Å²) in [6.07, 6.45) is 0.530. The van der Waals surface area contributed by atoms with Crippen LogP contribution in [0.4, 0.5) is 5.69 Å². The molecule has 1 aromatic carbocycles. The lowest BCUT2D eigenvalue weighted by Crippen LogP contribution is -2.40. The zero-order valence-corrected chi connectivity index (χ0v) is 10.4. The monoisotopic (exact) mass is 268 g/mol. The lowest BCUT2D eigenvalue weighted by atomic mass is 10.2. The molecule has 0 aliphatic carbocycles. The Morgan fingerprint density at radius 2 is 2.33 bits per heavy atom. The van der Waals surface area contributed by atoms with Gasteiger partial charge in [-0.15, -0.1) is 0 Å². The first-order valence-corrected chi connectivity index (χ1v) is 5.98. The van der Waals surface area contributed by atoms with E-state index in [0.717, 1.165) is 5.69 Å². The van der Waals surface area contributed by atoms with E-state index in [9.17, 15) is 9.59 Å². The molecule has 0 spiro atoms. The van der Waals surface area contributed by atoms with E-state index >= 15 is 0 Å². The molecule has 0 bridgehead atoms. The molecule has 1 saturated heterocycles. The van der Waals surface area contributed by atoms with Crippen molar-refractivity contribution in [2.45, 2.75) is 12.5 Å². The van der Waals surface area contributed by atoms with Crippen molar-refractivity contribution in [3.63, 3.8) is 0 Å². The van der Waals surface area contributed by atoms with Crippen molar-refractivity contribution < 1.29 is 14.3 Å². The van der Waals surface area contributed by atoms with Crippen LogP contribution in [0.5, 0.6) is 0 Å². The molecular formula is C12H13ClN2O3. The van der Waals surface area contributed by atoms with E-state index in [1.165, 1.54) is 0 Å². The molecular weight excluding hydrogens is 256 g/mol. The van der Waals surface area contributed by atoms with E-state index in [0.29, 0.717) is 18.1 Å². The van der Waals surface area contributed by atoms with Gasteiger partial charge in [0.25, 0.3) is 0 Å². The van der Waals surface area contributed by atoms with Crippen molar-refractivity contribution in [2.24, 2.45) is 0 Å². The third kappa shape index (κ3) is 3.37. The summed E-state index contributed by atoms with van der Waals surface area (Å²) >= 11 is 5.82. The second kappa shape index (κ2) is 5.73. The zero-order chi connectivity index (χ0) is 13.0. The molecule has 2 N–H and O–H groups in total. The quantitative estimate of drug-likeness (QED) is 0.805. The molecule has 1 aliphatic heterocycles. The van der Waals surface area contributed by atoms with Crippen LogP contribution in [0.25, 0.3) is 0 Å². The van der Waals surface area contributed by atoms with Crippen LogP contribution in [-0.2, 0) is 14.3 Å². The number of rotatable bonds is 4. The maximum Gasteiger partial charge on any atom is 0.328 e. The second-order valence-corrected chi connectivity index (χ2v) is 4.38. The summed E-state index contributed by atoms with van der Waals surface area (Å²) in [6.45, 7) is 0.454. The first kappa shape index (κ1) is 12.7. The van der Waals surface area contributed by atoms with Crippen LogP contribution in [-0.4, -0.2) is 31.1 Å². The third-order valence-corrected chi connectivity index (χ3v) is 2.78. The first-order valence-electron chi connectivity index (χ1n) is 5.60. The Balaban J connectivity index is 1.79. The molecule has 1 aromatic rings. The summed E-state index contributed by atoms with van der Waals surface area (Å²) in [5.74, 6) is -0.620. The number of carbonyl (C=O) groups is 2. The van der Waals surface area contributed by atoms with Crippen molar-refractivity contribution in [1.29, 1.82) is 0 Å². The molecule has 1 atom stereocenters. The summed E-state index contributed by atoms with van der Waals surface area (Å²) in [4.78, 5) is 22.7. The molecule has 18 heavy (non-hydrogen) atoms. The number of hydrogen-bond donors (Lipinski definition) is 2. The van der Waals surface area contributed by atoms with Gasteiger partial charge >= 0.3 is 5.97 Å². The van der Waals surface area contributed by atoms with Gasteiger partial charge < -0.3 is 15.4 Å². The predicted molar refractivity (Wildman–Crippen MR) is 67.4 cm³/mol. The molecule has 5 nitrogen and oxygen atoms in total. The highest BCUT2D eigenvalue weighted by Gasteiger charge is 2.27. The second-order valence-electron chi connectivity index (χ2n) is 3.94. The highest BCUT2D eigenvalue weighted by molar-refractivity contribution is 6.30. The summed E-state index contributed by atoms with van der Waals surface area (Å²) in [6, 6.07) is 6.55. The molecule has 1 heterocycles. The molecule has 0 aromatic heterocycles. The molecule has 2 rings (SSSR count). The molecule has 96 valence electrons. The minimum absolute atomic E-state index is 0.0874. The van der Waals surface area contributed by atoms with Gasteiger partial charge in [-0.2, -0.15) is 0 Å². The standard InChI is InChI=1S/C12H13ClN2O3/c13-8-2-1-3-9(6-8)14-7-11(16)15-10-4-5-18-12(10)17/h1-3,6,10,14H,4-5,7H2,(H,15,16)/t10-/m0/s1. The van der Waals surface area contributed by atoms with E-state index in [2.05, 4.69) is 10.6 Å². The maximum absolute atomic E-state index is 11.6. The van der Waals surface area contributed by atoms with E-state index < -0.39 is 6.04 Å². The topological polar surface area (TPSA) is 67.4 Å². The smallest absolute Gasteiger partial charge is 0.328 e. The van der Waals surface area contributed by atoms with E-state index in [4.69, 9.17) is 16.3 Å². The van der Waals surface area contributed by atoms with Crippen LogP contribution in [0.2, 0.25) is 5.02 Å². The number of esters is 1. The van der Waals surface area contributed by atoms with Gasteiger partial charge in [-0.3, -0.25) is 4.79 Å². The molecule has 0 unspecified atom stereocenters. The number of amides is 1. The Hall–Kier alpha value is -1.75. The van der Waals surface area contributed by atoms with E-state index in [1.807, 2.05) is 6.07 Å². The van der Waals surface area contributed by atoms with E-state index in [1.54, 1.807) is 18.2 Å². The van der Waals surface area contributed by atoms with Crippen molar-refractivity contribution in [3.05, 3.63) is 29.3 Å². The number of hydrogen-bond acceptors (Lipinski definition) is 4. The van der Waals surface area contributed by atoms with Crippen LogP contribution in [0.3, 0.4) is 0 Å². The molecule has 1 fully saturated rings. The Bertz CT molecular complexity index is 464. The Morgan fingerprint density at radius 3 is 3.00 bits per heavy atom. The highest BCUT2D eigenvalue weighted by Crippen LogP contribution is 2.14. The van der Waals surface area contributed by atoms with Gasteiger partial charge in [0.05, 0.1) is 13.2 Å². The van der Waals surface area contributed by atoms with Crippen molar-refractivity contribution >= 4 is 29.2 Å². The largest absolute Gasteiger partial charge is 0.464 e. The number of anilines is 1. The van der Waals surface area contributed by atoms with Crippen LogP contribution >= 0.6 is 11.6 Å². The van der Waals surface area contributed by atoms with Crippen LogP contribution in [0, 0.1) is 0 Å². The lowest BCUT2D eigenvalue weighted by Gasteiger charge is -2.10. The molecule has 0 saturated carbocycles. The van der Waals surface area contributed by atoms with Crippen LogP contribution in [0.15, 0.2) is 24.3 Å². The minimum Gasteiger partial charge on any atom is -0.464 e. The van der Waals surface area contributed by atoms with Gasteiger partial charge in [0.2, 0.25) is 5.91 Å². The Kier molecular flexibility index (Phi) is 4.04. The fourth-order valence-corrected chi connectivity index (χ4v) is 1.84. The number of ether oxygens (including phenoxy) is 1. The number of carbonyl (C=O) groups excluding carboxylic acids is 2. The fraction of sp³-hybridized carbons (Fsp3) is 0.333. The van der Waals surface area contributed by atoms with Gasteiger partial charge in [-0.05, 0) is 18.2 Å². The number of halogens is 1. The normalized spacial score (nSPS) is 18.3. The summed E-state index contributed by atoms with van der Waals surface area (Å²) < 4.78 is 4.75. The molecule has 6 heteroatoms. The number of cyclic esters (lactones) is 1.